The third-order valence-electron chi connectivity index (χ3n) is 4.46. The van der Waals surface area contributed by atoms with Crippen LogP contribution in [0.1, 0.15) is 51.9 Å². The molecule has 3 heteroatoms. The van der Waals surface area contributed by atoms with Gasteiger partial charge < -0.3 is 10.6 Å². The molecular weight excluding hydrogens is 212 g/mol. The van der Waals surface area contributed by atoms with Gasteiger partial charge in [-0.1, -0.05) is 19.3 Å². The first-order valence-corrected chi connectivity index (χ1v) is 7.20. The number of piperidine rings is 1. The van der Waals surface area contributed by atoms with Crippen LogP contribution in [-0.4, -0.2) is 29.9 Å². The lowest BCUT2D eigenvalue weighted by Crippen LogP contribution is -2.44. The van der Waals surface area contributed by atoms with Crippen LogP contribution in [0.3, 0.4) is 0 Å². The molecule has 0 aromatic carbocycles. The van der Waals surface area contributed by atoms with Crippen LogP contribution in [0.4, 0.5) is 0 Å². The molecule has 3 nitrogen and oxygen atoms in total. The van der Waals surface area contributed by atoms with Crippen LogP contribution in [0.15, 0.2) is 0 Å². The fourth-order valence-electron chi connectivity index (χ4n) is 3.34. The van der Waals surface area contributed by atoms with Crippen molar-refractivity contribution in [1.29, 1.82) is 0 Å². The highest BCUT2D eigenvalue weighted by atomic mass is 16.2. The lowest BCUT2D eigenvalue weighted by Gasteiger charge is -2.41. The molecule has 2 aliphatic rings. The normalized spacial score (nSPS) is 30.8. The predicted molar refractivity (Wildman–Crippen MR) is 69.5 cm³/mol. The lowest BCUT2D eigenvalue weighted by atomic mass is 9.75. The van der Waals surface area contributed by atoms with Gasteiger partial charge >= 0.3 is 0 Å². The minimum absolute atomic E-state index is 0.145. The zero-order valence-electron chi connectivity index (χ0n) is 11.0. The second-order valence-corrected chi connectivity index (χ2v) is 5.95. The number of nitrogens with zero attached hydrogens (tertiary/aromatic N) is 1. The van der Waals surface area contributed by atoms with Crippen molar-refractivity contribution in [2.45, 2.75) is 57.9 Å². The summed E-state index contributed by atoms with van der Waals surface area (Å²) in [6.45, 7) is 3.97. The summed E-state index contributed by atoms with van der Waals surface area (Å²) in [5, 5.41) is 0. The molecule has 1 amide bonds. The summed E-state index contributed by atoms with van der Waals surface area (Å²) in [6, 6.07) is 0.145. The number of rotatable bonds is 3. The monoisotopic (exact) mass is 238 g/mol. The molecule has 1 saturated carbocycles. The van der Waals surface area contributed by atoms with Crippen molar-refractivity contribution in [1.82, 2.24) is 4.90 Å². The predicted octanol–water partition coefficient (Wildman–Crippen LogP) is 2.15. The number of hydrogen-bond donors (Lipinski definition) is 1. The Morgan fingerprint density at radius 3 is 2.71 bits per heavy atom. The van der Waals surface area contributed by atoms with E-state index in [0.29, 0.717) is 12.3 Å². The summed E-state index contributed by atoms with van der Waals surface area (Å²) in [5.74, 6) is 2.02. The molecule has 3 atom stereocenters. The highest BCUT2D eigenvalue weighted by molar-refractivity contribution is 5.76. The van der Waals surface area contributed by atoms with Crippen molar-refractivity contribution in [3.63, 3.8) is 0 Å². The van der Waals surface area contributed by atoms with E-state index in [1.807, 2.05) is 6.92 Å². The van der Waals surface area contributed by atoms with Crippen molar-refractivity contribution < 1.29 is 4.79 Å². The first-order chi connectivity index (χ1) is 8.16. The average Bonchev–Trinajstić information content (AvgIpc) is 2.35. The summed E-state index contributed by atoms with van der Waals surface area (Å²) in [7, 11) is 0. The largest absolute Gasteiger partial charge is 0.342 e. The van der Waals surface area contributed by atoms with Crippen molar-refractivity contribution in [3.05, 3.63) is 0 Å². The Kier molecular flexibility index (Phi) is 4.43. The molecule has 1 saturated heterocycles. The third kappa shape index (κ3) is 3.44. The summed E-state index contributed by atoms with van der Waals surface area (Å²) in [5.41, 5.74) is 5.71. The Hall–Kier alpha value is -0.570. The van der Waals surface area contributed by atoms with Crippen molar-refractivity contribution >= 4 is 5.91 Å². The highest BCUT2D eigenvalue weighted by Gasteiger charge is 2.32. The van der Waals surface area contributed by atoms with E-state index >= 15 is 0 Å². The number of nitrogens with two attached hydrogens (primary N) is 1. The fourth-order valence-corrected chi connectivity index (χ4v) is 3.34. The second kappa shape index (κ2) is 5.85. The van der Waals surface area contributed by atoms with Crippen molar-refractivity contribution in [2.75, 3.05) is 13.1 Å². The molecule has 0 aromatic rings. The Bertz CT molecular complexity index is 265. The van der Waals surface area contributed by atoms with Gasteiger partial charge in [0.15, 0.2) is 0 Å². The van der Waals surface area contributed by atoms with Gasteiger partial charge in [-0.05, 0) is 38.0 Å². The number of amides is 1. The van der Waals surface area contributed by atoms with Crippen molar-refractivity contribution in [2.24, 2.45) is 17.6 Å². The molecular formula is C14H26N2O. The maximum absolute atomic E-state index is 12.0. The molecule has 3 unspecified atom stereocenters. The van der Waals surface area contributed by atoms with Crippen LogP contribution in [0, 0.1) is 11.8 Å². The molecule has 1 aliphatic heterocycles. The Balaban J connectivity index is 1.80. The number of carbonyl (C=O) groups excluding carboxylic acids is 1. The first-order valence-electron chi connectivity index (χ1n) is 7.20. The van der Waals surface area contributed by atoms with Gasteiger partial charge in [0.1, 0.15) is 0 Å². The maximum atomic E-state index is 12.0. The maximum Gasteiger partial charge on any atom is 0.222 e. The highest BCUT2D eigenvalue weighted by Crippen LogP contribution is 2.36. The van der Waals surface area contributed by atoms with Crippen LogP contribution in [-0.2, 0) is 4.79 Å². The summed E-state index contributed by atoms with van der Waals surface area (Å²) in [4.78, 5) is 14.1. The fraction of sp³-hybridized carbons (Fsp3) is 0.929. The Morgan fingerprint density at radius 2 is 2.00 bits per heavy atom. The number of fused-ring (bicyclic) bond motifs is 1. The number of hydrogen-bond acceptors (Lipinski definition) is 2. The van der Waals surface area contributed by atoms with E-state index in [0.717, 1.165) is 31.3 Å². The topological polar surface area (TPSA) is 46.3 Å². The van der Waals surface area contributed by atoms with Gasteiger partial charge in [0, 0.05) is 25.6 Å². The molecule has 1 aliphatic carbocycles. The van der Waals surface area contributed by atoms with Gasteiger partial charge in [0.25, 0.3) is 0 Å². The van der Waals surface area contributed by atoms with E-state index in [2.05, 4.69) is 4.90 Å². The Morgan fingerprint density at radius 1 is 1.29 bits per heavy atom. The van der Waals surface area contributed by atoms with E-state index in [9.17, 15) is 4.79 Å². The van der Waals surface area contributed by atoms with Crippen LogP contribution in [0.5, 0.6) is 0 Å². The zero-order valence-corrected chi connectivity index (χ0v) is 11.0. The Labute approximate surface area is 105 Å². The molecule has 2 N–H and O–H groups in total. The molecule has 2 fully saturated rings. The molecule has 0 radical (unpaired) electrons. The molecule has 0 aromatic heterocycles. The van der Waals surface area contributed by atoms with E-state index in [1.54, 1.807) is 0 Å². The lowest BCUT2D eigenvalue weighted by molar-refractivity contribution is -0.134. The molecule has 17 heavy (non-hydrogen) atoms. The molecule has 2 rings (SSSR count). The quantitative estimate of drug-likeness (QED) is 0.819. The van der Waals surface area contributed by atoms with Gasteiger partial charge in [-0.3, -0.25) is 4.79 Å². The molecule has 0 spiro atoms. The SMILES string of the molecule is CC(N)CCC(=O)N1CCC2CCCCC2C1. The van der Waals surface area contributed by atoms with E-state index in [-0.39, 0.29) is 6.04 Å². The average molecular weight is 238 g/mol. The van der Waals surface area contributed by atoms with Gasteiger partial charge in [-0.15, -0.1) is 0 Å². The smallest absolute Gasteiger partial charge is 0.222 e. The van der Waals surface area contributed by atoms with Crippen LogP contribution in [0.25, 0.3) is 0 Å². The second-order valence-electron chi connectivity index (χ2n) is 5.95. The van der Waals surface area contributed by atoms with Crippen molar-refractivity contribution in [3.8, 4) is 0 Å². The van der Waals surface area contributed by atoms with Gasteiger partial charge in [-0.25, -0.2) is 0 Å². The van der Waals surface area contributed by atoms with Crippen LogP contribution in [0.2, 0.25) is 0 Å². The van der Waals surface area contributed by atoms with Gasteiger partial charge in [0.2, 0.25) is 5.91 Å². The summed E-state index contributed by atoms with van der Waals surface area (Å²) < 4.78 is 0. The first kappa shape index (κ1) is 12.9. The minimum atomic E-state index is 0.145. The van der Waals surface area contributed by atoms with E-state index < -0.39 is 0 Å². The molecule has 0 bridgehead atoms. The van der Waals surface area contributed by atoms with Crippen LogP contribution < -0.4 is 5.73 Å². The number of likely N-dealkylation sites (tertiary alicyclic amines) is 1. The van der Waals surface area contributed by atoms with E-state index in [4.69, 9.17) is 5.73 Å². The third-order valence-corrected chi connectivity index (χ3v) is 4.46. The number of carbonyl (C=O) groups is 1. The molecule has 98 valence electrons. The summed E-state index contributed by atoms with van der Waals surface area (Å²) in [6.07, 6.45) is 8.18. The van der Waals surface area contributed by atoms with Crippen LogP contribution >= 0.6 is 0 Å². The van der Waals surface area contributed by atoms with Gasteiger partial charge in [0.05, 0.1) is 0 Å². The standard InChI is InChI=1S/C14H26N2O/c1-11(15)6-7-14(17)16-9-8-12-4-2-3-5-13(12)10-16/h11-13H,2-10,15H2,1H3. The molecule has 1 heterocycles. The van der Waals surface area contributed by atoms with Gasteiger partial charge in [-0.2, -0.15) is 0 Å². The minimum Gasteiger partial charge on any atom is -0.342 e. The zero-order chi connectivity index (χ0) is 12.3. The van der Waals surface area contributed by atoms with E-state index in [1.165, 1.54) is 32.1 Å². The summed E-state index contributed by atoms with van der Waals surface area (Å²) >= 11 is 0.